The molecule has 6 nitrogen and oxygen atoms in total. The Morgan fingerprint density at radius 3 is 0.740 bits per heavy atom. The van der Waals surface area contributed by atoms with Crippen LogP contribution in [0.4, 0.5) is 0 Å². The number of unbranched alkanes of at least 4 members (excludes halogenated alkanes) is 36. The van der Waals surface area contributed by atoms with Crippen molar-refractivity contribution in [1.29, 1.82) is 0 Å². The predicted molar refractivity (Wildman–Crippen MR) is 332 cm³/mol. The minimum absolute atomic E-state index is 0. The van der Waals surface area contributed by atoms with Crippen LogP contribution >= 0.6 is 0 Å². The predicted octanol–water partition coefficient (Wildman–Crippen LogP) is 21.0. The van der Waals surface area contributed by atoms with Crippen molar-refractivity contribution in [2.24, 2.45) is 0 Å². The standard InChI is InChI=1S/2C34H56O3S.Ba/c2*1-3-5-7-9-11-13-15-17-19-21-26-31-29-30-25-23-24-27-32(30)33(34(31)38(35,36)37)28-22-20-18-16-14-12-10-8-6-4-2;/h2*23-25,27,29H,3-22,26,28H2,1-2H3,(H,35,36,37);/q;;+2/p-2. The van der Waals surface area contributed by atoms with Gasteiger partial charge in [-0.3, -0.25) is 0 Å². The molecule has 4 aromatic rings. The van der Waals surface area contributed by atoms with E-state index in [0.717, 1.165) is 95.2 Å². The maximum atomic E-state index is 12.5. The molecule has 0 unspecified atom stereocenters. The van der Waals surface area contributed by atoms with Crippen LogP contribution in [-0.2, 0) is 45.9 Å². The maximum Gasteiger partial charge on any atom is 2.00 e. The molecule has 0 atom stereocenters. The smallest absolute Gasteiger partial charge is 0.744 e. The van der Waals surface area contributed by atoms with Crippen molar-refractivity contribution < 1.29 is 25.9 Å². The minimum atomic E-state index is -4.53. The molecule has 0 amide bonds. The third-order valence-electron chi connectivity index (χ3n) is 16.0. The fourth-order valence-corrected chi connectivity index (χ4v) is 13.6. The van der Waals surface area contributed by atoms with E-state index in [1.807, 2.05) is 48.5 Å². The summed E-state index contributed by atoms with van der Waals surface area (Å²) in [6, 6.07) is 19.9. The van der Waals surface area contributed by atoms with Gasteiger partial charge in [0.1, 0.15) is 20.2 Å². The molecule has 0 aliphatic rings. The molecule has 0 aromatic heterocycles. The number of benzene rings is 4. The summed E-state index contributed by atoms with van der Waals surface area (Å²) in [6.07, 6.45) is 52.3. The van der Waals surface area contributed by atoms with Crippen LogP contribution in [0.25, 0.3) is 21.5 Å². The monoisotopic (exact) mass is 1220 g/mol. The molecular formula is C68H110BaO6S2. The summed E-state index contributed by atoms with van der Waals surface area (Å²) in [7, 11) is -9.06. The molecule has 0 heterocycles. The van der Waals surface area contributed by atoms with Crippen LogP contribution in [-0.4, -0.2) is 74.8 Å². The van der Waals surface area contributed by atoms with Crippen molar-refractivity contribution >= 4 is 90.7 Å². The Labute approximate surface area is 514 Å². The van der Waals surface area contributed by atoms with E-state index in [0.29, 0.717) is 25.7 Å². The van der Waals surface area contributed by atoms with E-state index in [1.54, 1.807) is 0 Å². The van der Waals surface area contributed by atoms with Gasteiger partial charge < -0.3 is 9.11 Å². The van der Waals surface area contributed by atoms with Crippen molar-refractivity contribution in [3.63, 3.8) is 0 Å². The van der Waals surface area contributed by atoms with E-state index in [2.05, 4.69) is 39.8 Å². The number of hydrogen-bond donors (Lipinski definition) is 0. The summed E-state index contributed by atoms with van der Waals surface area (Å²) in [5, 5.41) is 3.99. The van der Waals surface area contributed by atoms with Gasteiger partial charge in [-0.2, -0.15) is 0 Å². The van der Waals surface area contributed by atoms with Crippen molar-refractivity contribution in [2.75, 3.05) is 0 Å². The van der Waals surface area contributed by atoms with Crippen molar-refractivity contribution in [3.05, 3.63) is 82.9 Å². The first-order valence-electron chi connectivity index (χ1n) is 32.0. The second kappa shape index (κ2) is 45.3. The van der Waals surface area contributed by atoms with Gasteiger partial charge in [0.05, 0.1) is 9.79 Å². The Hall–Kier alpha value is -1.21. The fraction of sp³-hybridized carbons (Fsp3) is 0.706. The summed E-state index contributed by atoms with van der Waals surface area (Å²) in [4.78, 5) is 0.172. The summed E-state index contributed by atoms with van der Waals surface area (Å²) in [5.41, 5.74) is 3.00. The molecule has 0 N–H and O–H groups in total. The van der Waals surface area contributed by atoms with Gasteiger partial charge in [0.15, 0.2) is 0 Å². The molecule has 432 valence electrons. The van der Waals surface area contributed by atoms with Crippen LogP contribution in [0.3, 0.4) is 0 Å². The van der Waals surface area contributed by atoms with Crippen LogP contribution in [0, 0.1) is 0 Å². The van der Waals surface area contributed by atoms with E-state index < -0.39 is 20.2 Å². The van der Waals surface area contributed by atoms with Gasteiger partial charge in [-0.15, -0.1) is 0 Å². The van der Waals surface area contributed by atoms with Gasteiger partial charge in [-0.25, -0.2) is 16.8 Å². The maximum absolute atomic E-state index is 12.5. The van der Waals surface area contributed by atoms with Crippen LogP contribution in [0.5, 0.6) is 0 Å². The summed E-state index contributed by atoms with van der Waals surface area (Å²) < 4.78 is 75.2. The van der Waals surface area contributed by atoms with E-state index in [4.69, 9.17) is 0 Å². The van der Waals surface area contributed by atoms with Gasteiger partial charge in [0.2, 0.25) is 0 Å². The van der Waals surface area contributed by atoms with Gasteiger partial charge >= 0.3 is 48.9 Å². The third kappa shape index (κ3) is 31.2. The quantitative estimate of drug-likeness (QED) is 0.0247. The van der Waals surface area contributed by atoms with Crippen LogP contribution in [0.2, 0.25) is 0 Å². The molecular weight excluding hydrogens is 1110 g/mol. The van der Waals surface area contributed by atoms with Crippen molar-refractivity contribution in [2.45, 2.75) is 320 Å². The molecule has 0 fully saturated rings. The first-order valence-corrected chi connectivity index (χ1v) is 34.8. The number of hydrogen-bond acceptors (Lipinski definition) is 6. The topological polar surface area (TPSA) is 114 Å². The number of fused-ring (bicyclic) bond motifs is 2. The van der Waals surface area contributed by atoms with E-state index in [-0.39, 0.29) is 58.7 Å². The molecule has 9 heteroatoms. The first-order chi connectivity index (χ1) is 37.0. The van der Waals surface area contributed by atoms with Crippen molar-refractivity contribution in [1.82, 2.24) is 0 Å². The minimum Gasteiger partial charge on any atom is -0.744 e. The Bertz CT molecular complexity index is 2160. The molecule has 77 heavy (non-hydrogen) atoms. The molecule has 0 aliphatic carbocycles. The summed E-state index contributed by atoms with van der Waals surface area (Å²) >= 11 is 0. The summed E-state index contributed by atoms with van der Waals surface area (Å²) in [5.74, 6) is 0. The molecule has 0 aliphatic heterocycles. The van der Waals surface area contributed by atoms with Crippen LogP contribution in [0.15, 0.2) is 70.5 Å². The van der Waals surface area contributed by atoms with E-state index >= 15 is 0 Å². The van der Waals surface area contributed by atoms with Gasteiger partial charge in [-0.05, 0) is 107 Å². The third-order valence-corrected chi connectivity index (χ3v) is 18.0. The molecule has 4 aromatic carbocycles. The average Bonchev–Trinajstić information content (AvgIpc) is 3.41. The summed E-state index contributed by atoms with van der Waals surface area (Å²) in [6.45, 7) is 9.00. The van der Waals surface area contributed by atoms with Crippen LogP contribution in [0.1, 0.15) is 307 Å². The zero-order valence-corrected chi connectivity index (χ0v) is 55.9. The Morgan fingerprint density at radius 1 is 0.299 bits per heavy atom. The zero-order chi connectivity index (χ0) is 55.0. The van der Waals surface area contributed by atoms with E-state index in [1.165, 1.54) is 205 Å². The first kappa shape index (κ1) is 71.9. The zero-order valence-electron chi connectivity index (χ0n) is 49.9. The second-order valence-corrected chi connectivity index (χ2v) is 25.4. The van der Waals surface area contributed by atoms with E-state index in [9.17, 15) is 25.9 Å². The van der Waals surface area contributed by atoms with Gasteiger partial charge in [-0.1, -0.05) is 307 Å². The molecule has 0 bridgehead atoms. The molecule has 0 spiro atoms. The van der Waals surface area contributed by atoms with Crippen LogP contribution < -0.4 is 0 Å². The fourth-order valence-electron chi connectivity index (χ4n) is 11.6. The van der Waals surface area contributed by atoms with Crippen molar-refractivity contribution in [3.8, 4) is 0 Å². The number of rotatable bonds is 46. The molecule has 4 rings (SSSR count). The average molecular weight is 1230 g/mol. The normalized spacial score (nSPS) is 11.8. The Balaban J connectivity index is 0.000000520. The molecule has 0 radical (unpaired) electrons. The Morgan fingerprint density at radius 2 is 0.506 bits per heavy atom. The second-order valence-electron chi connectivity index (χ2n) is 22.8. The largest absolute Gasteiger partial charge is 2.00 e. The number of aryl methyl sites for hydroxylation is 4. The molecule has 0 saturated heterocycles. The Kier molecular flexibility index (Phi) is 42.3. The van der Waals surface area contributed by atoms with Gasteiger partial charge in [0.25, 0.3) is 0 Å². The molecule has 0 saturated carbocycles. The van der Waals surface area contributed by atoms with Gasteiger partial charge in [0, 0.05) is 0 Å². The SMILES string of the molecule is CCCCCCCCCCCCc1cc2ccccc2c(CCCCCCCCCCCC)c1S(=O)(=O)[O-].CCCCCCCCCCCCc1cc2ccccc2c(CCCCCCCCCCCC)c1S(=O)(=O)[O-].[Ba+2].